The fourth-order valence-corrected chi connectivity index (χ4v) is 1.80. The molecule has 0 spiro atoms. The minimum atomic E-state index is 0.703. The van der Waals surface area contributed by atoms with Gasteiger partial charge in [0.05, 0.1) is 0 Å². The second-order valence-corrected chi connectivity index (χ2v) is 3.38. The average Bonchev–Trinajstić information content (AvgIpc) is 2.07. The molecular weight excluding hydrogens is 136 g/mol. The summed E-state index contributed by atoms with van der Waals surface area (Å²) in [6, 6.07) is 0. The minimum absolute atomic E-state index is 0.703. The largest absolute Gasteiger partial charge is 0.299 e. The van der Waals surface area contributed by atoms with Crippen LogP contribution in [-0.4, -0.2) is 6.29 Å². The van der Waals surface area contributed by atoms with Gasteiger partial charge in [0.1, 0.15) is 6.29 Å². The van der Waals surface area contributed by atoms with Crippen molar-refractivity contribution in [1.29, 1.82) is 0 Å². The topological polar surface area (TPSA) is 17.1 Å². The van der Waals surface area contributed by atoms with Crippen molar-refractivity contribution in [2.24, 2.45) is 5.92 Å². The molecule has 0 aromatic rings. The Labute approximate surface area is 68.5 Å². The first-order valence-electron chi connectivity index (χ1n) is 4.46. The number of carbonyl (C=O) groups is 1. The highest BCUT2D eigenvalue weighted by molar-refractivity contribution is 5.66. The van der Waals surface area contributed by atoms with E-state index in [0.717, 1.165) is 6.29 Å². The first-order chi connectivity index (χ1) is 5.34. The lowest BCUT2D eigenvalue weighted by atomic mass is 9.84. The van der Waals surface area contributed by atoms with Crippen molar-refractivity contribution in [3.8, 4) is 0 Å². The minimum Gasteiger partial charge on any atom is -0.299 e. The maximum Gasteiger partial charge on any atom is 0.142 e. The normalized spacial score (nSPS) is 21.7. The Morgan fingerprint density at radius 1 is 1.27 bits per heavy atom. The number of rotatable bonds is 2. The van der Waals surface area contributed by atoms with E-state index in [2.05, 4.69) is 6.92 Å². The lowest BCUT2D eigenvalue weighted by Crippen LogP contribution is -2.07. The number of hydrogen-bond donors (Lipinski definition) is 0. The molecule has 1 fully saturated rings. The first kappa shape index (κ1) is 8.51. The average molecular weight is 152 g/mol. The Morgan fingerprint density at radius 3 is 2.45 bits per heavy atom. The second kappa shape index (κ2) is 4.32. The molecule has 0 saturated heterocycles. The molecule has 0 unspecified atom stereocenters. The molecule has 1 heteroatoms. The highest BCUT2D eigenvalue weighted by Crippen LogP contribution is 2.28. The summed E-state index contributed by atoms with van der Waals surface area (Å²) in [6.07, 6.45) is 9.26. The van der Waals surface area contributed by atoms with Crippen LogP contribution in [0.25, 0.3) is 0 Å². The van der Waals surface area contributed by atoms with E-state index in [0.29, 0.717) is 5.92 Å². The van der Waals surface area contributed by atoms with Gasteiger partial charge in [0.15, 0.2) is 0 Å². The fourth-order valence-electron chi connectivity index (χ4n) is 1.80. The molecule has 0 amide bonds. The third-order valence-corrected chi connectivity index (χ3v) is 2.58. The molecule has 1 aliphatic carbocycles. The molecule has 62 valence electrons. The molecule has 1 nitrogen and oxygen atoms in total. The fraction of sp³-hybridized carbons (Fsp3) is 0.700. The second-order valence-electron chi connectivity index (χ2n) is 3.38. The molecule has 1 rings (SSSR count). The summed E-state index contributed by atoms with van der Waals surface area (Å²) in [5, 5.41) is 0. The van der Waals surface area contributed by atoms with Crippen LogP contribution in [0.1, 0.15) is 39.0 Å². The van der Waals surface area contributed by atoms with Gasteiger partial charge in [-0.15, -0.1) is 0 Å². The maximum absolute atomic E-state index is 10.2. The quantitative estimate of drug-likeness (QED) is 0.439. The van der Waals surface area contributed by atoms with Crippen molar-refractivity contribution in [2.75, 3.05) is 0 Å². The number of allylic oxidation sites excluding steroid dienone is 2. The van der Waals surface area contributed by atoms with Crippen molar-refractivity contribution in [2.45, 2.75) is 39.0 Å². The van der Waals surface area contributed by atoms with Crippen molar-refractivity contribution in [3.63, 3.8) is 0 Å². The molecule has 1 aliphatic rings. The Bertz CT molecular complexity index is 152. The lowest BCUT2D eigenvalue weighted by Gasteiger charge is -2.21. The highest BCUT2D eigenvalue weighted by Gasteiger charge is 2.13. The van der Waals surface area contributed by atoms with Crippen LogP contribution in [0.15, 0.2) is 11.6 Å². The number of hydrogen-bond acceptors (Lipinski definition) is 1. The molecule has 1 saturated carbocycles. The van der Waals surface area contributed by atoms with E-state index in [1.165, 1.54) is 37.7 Å². The van der Waals surface area contributed by atoms with Gasteiger partial charge in [-0.05, 0) is 31.8 Å². The molecule has 0 heterocycles. The van der Waals surface area contributed by atoms with Gasteiger partial charge in [-0.1, -0.05) is 24.8 Å². The van der Waals surface area contributed by atoms with E-state index >= 15 is 0 Å². The summed E-state index contributed by atoms with van der Waals surface area (Å²) >= 11 is 0. The summed E-state index contributed by atoms with van der Waals surface area (Å²) in [5.74, 6) is 0.703. The summed E-state index contributed by atoms with van der Waals surface area (Å²) < 4.78 is 0. The van der Waals surface area contributed by atoms with E-state index in [-0.39, 0.29) is 0 Å². The van der Waals surface area contributed by atoms with E-state index in [9.17, 15) is 4.79 Å². The third kappa shape index (κ3) is 2.49. The molecular formula is C10H16O. The monoisotopic (exact) mass is 152 g/mol. The first-order valence-corrected chi connectivity index (χ1v) is 4.46. The number of carbonyl (C=O) groups excluding carboxylic acids is 1. The molecule has 0 radical (unpaired) electrons. The highest BCUT2D eigenvalue weighted by atomic mass is 16.1. The predicted molar refractivity (Wildman–Crippen MR) is 46.4 cm³/mol. The zero-order valence-electron chi connectivity index (χ0n) is 7.18. The zero-order valence-corrected chi connectivity index (χ0v) is 7.18. The van der Waals surface area contributed by atoms with Crippen LogP contribution in [0.2, 0.25) is 0 Å². The van der Waals surface area contributed by atoms with Gasteiger partial charge in [0.2, 0.25) is 0 Å². The van der Waals surface area contributed by atoms with E-state index < -0.39 is 0 Å². The molecule has 11 heavy (non-hydrogen) atoms. The molecule has 0 N–H and O–H groups in total. The van der Waals surface area contributed by atoms with Crippen molar-refractivity contribution in [3.05, 3.63) is 11.6 Å². The van der Waals surface area contributed by atoms with Crippen molar-refractivity contribution in [1.82, 2.24) is 0 Å². The van der Waals surface area contributed by atoms with Gasteiger partial charge in [-0.2, -0.15) is 0 Å². The zero-order chi connectivity index (χ0) is 8.10. The maximum atomic E-state index is 10.2. The molecule has 0 aromatic heterocycles. The van der Waals surface area contributed by atoms with Crippen LogP contribution >= 0.6 is 0 Å². The predicted octanol–water partition coefficient (Wildman–Crippen LogP) is 2.71. The Balaban J connectivity index is 2.44. The van der Waals surface area contributed by atoms with Gasteiger partial charge >= 0.3 is 0 Å². The van der Waals surface area contributed by atoms with E-state index in [4.69, 9.17) is 0 Å². The lowest BCUT2D eigenvalue weighted by molar-refractivity contribution is -0.104. The van der Waals surface area contributed by atoms with Gasteiger partial charge < -0.3 is 0 Å². The van der Waals surface area contributed by atoms with Gasteiger partial charge in [-0.3, -0.25) is 4.79 Å². The molecule has 0 atom stereocenters. The molecule has 0 aromatic carbocycles. The Morgan fingerprint density at radius 2 is 1.91 bits per heavy atom. The van der Waals surface area contributed by atoms with Gasteiger partial charge in [-0.25, -0.2) is 0 Å². The SMILES string of the molecule is C/C(=C\C=O)C1CCCCC1. The van der Waals surface area contributed by atoms with Crippen LogP contribution in [0.4, 0.5) is 0 Å². The van der Waals surface area contributed by atoms with Crippen LogP contribution in [0, 0.1) is 5.92 Å². The molecule has 0 aliphatic heterocycles. The summed E-state index contributed by atoms with van der Waals surface area (Å²) in [7, 11) is 0. The van der Waals surface area contributed by atoms with Crippen LogP contribution in [0.3, 0.4) is 0 Å². The van der Waals surface area contributed by atoms with Crippen LogP contribution in [-0.2, 0) is 4.79 Å². The summed E-state index contributed by atoms with van der Waals surface area (Å²) in [6.45, 7) is 2.07. The van der Waals surface area contributed by atoms with Crippen LogP contribution < -0.4 is 0 Å². The summed E-state index contributed by atoms with van der Waals surface area (Å²) in [5.41, 5.74) is 1.28. The van der Waals surface area contributed by atoms with E-state index in [1.54, 1.807) is 6.08 Å². The Hall–Kier alpha value is -0.590. The molecule has 0 bridgehead atoms. The van der Waals surface area contributed by atoms with Gasteiger partial charge in [0, 0.05) is 0 Å². The third-order valence-electron chi connectivity index (χ3n) is 2.58. The van der Waals surface area contributed by atoms with Crippen LogP contribution in [0.5, 0.6) is 0 Å². The Kier molecular flexibility index (Phi) is 3.34. The van der Waals surface area contributed by atoms with E-state index in [1.807, 2.05) is 0 Å². The standard InChI is InChI=1S/C10H16O/c1-9(7-8-11)10-5-3-2-4-6-10/h7-8,10H,2-6H2,1H3/b9-7+. The summed E-state index contributed by atoms with van der Waals surface area (Å²) in [4.78, 5) is 10.2. The van der Waals surface area contributed by atoms with Crippen molar-refractivity contribution >= 4 is 6.29 Å². The smallest absolute Gasteiger partial charge is 0.142 e. The van der Waals surface area contributed by atoms with Gasteiger partial charge in [0.25, 0.3) is 0 Å². The van der Waals surface area contributed by atoms with Crippen molar-refractivity contribution < 1.29 is 4.79 Å². The number of aldehydes is 1.